The molecule has 6 heteroatoms. The van der Waals surface area contributed by atoms with Gasteiger partial charge in [0.25, 0.3) is 0 Å². The van der Waals surface area contributed by atoms with Crippen LogP contribution < -0.4 is 4.74 Å². The first kappa shape index (κ1) is 16.2. The molecule has 22 heavy (non-hydrogen) atoms. The largest absolute Gasteiger partial charge is 0.495 e. The highest BCUT2D eigenvalue weighted by Crippen LogP contribution is 2.26. The molecular weight excluding hydrogens is 304 g/mol. The number of rotatable bonds is 6. The van der Waals surface area contributed by atoms with E-state index >= 15 is 0 Å². The fourth-order valence-corrected chi connectivity index (χ4v) is 2.90. The molecule has 0 aliphatic carbocycles. The van der Waals surface area contributed by atoms with Crippen molar-refractivity contribution in [1.82, 2.24) is 0 Å². The maximum Gasteiger partial charge on any atom is 0.301 e. The van der Waals surface area contributed by atoms with Gasteiger partial charge in [0.15, 0.2) is 5.78 Å². The van der Waals surface area contributed by atoms with Crippen molar-refractivity contribution in [2.45, 2.75) is 11.8 Å². The van der Waals surface area contributed by atoms with Crippen LogP contribution in [0.2, 0.25) is 0 Å². The van der Waals surface area contributed by atoms with E-state index in [9.17, 15) is 13.2 Å². The van der Waals surface area contributed by atoms with Gasteiger partial charge in [-0.05, 0) is 24.6 Å². The van der Waals surface area contributed by atoms with Gasteiger partial charge in [-0.25, -0.2) is 0 Å². The average Bonchev–Trinajstić information content (AvgIpc) is 2.53. The third-order valence-electron chi connectivity index (χ3n) is 3.03. The van der Waals surface area contributed by atoms with Gasteiger partial charge >= 0.3 is 10.1 Å². The van der Waals surface area contributed by atoms with Crippen LogP contribution in [0.3, 0.4) is 0 Å². The predicted molar refractivity (Wildman–Crippen MR) is 81.6 cm³/mol. The second-order valence-corrected chi connectivity index (χ2v) is 6.24. The Kier molecular flexibility index (Phi) is 4.95. The summed E-state index contributed by atoms with van der Waals surface area (Å²) in [6.07, 6.45) is 0. The summed E-state index contributed by atoms with van der Waals surface area (Å²) in [6.45, 7) is 1.27. The van der Waals surface area contributed by atoms with Gasteiger partial charge in [0, 0.05) is 5.56 Å². The van der Waals surface area contributed by atoms with Crippen molar-refractivity contribution in [3.63, 3.8) is 0 Å². The lowest BCUT2D eigenvalue weighted by molar-refractivity contribution is 0.0924. The maximum absolute atomic E-state index is 12.2. The van der Waals surface area contributed by atoms with Crippen molar-refractivity contribution in [3.8, 4) is 5.75 Å². The molecule has 2 aromatic carbocycles. The molecule has 0 saturated carbocycles. The van der Waals surface area contributed by atoms with Crippen molar-refractivity contribution in [2.75, 3.05) is 13.7 Å². The van der Waals surface area contributed by atoms with Crippen LogP contribution in [-0.4, -0.2) is 27.9 Å². The molecule has 0 aliphatic rings. The van der Waals surface area contributed by atoms with Crippen LogP contribution in [0.1, 0.15) is 15.9 Å². The van der Waals surface area contributed by atoms with Gasteiger partial charge in [-0.15, -0.1) is 0 Å². The lowest BCUT2D eigenvalue weighted by atomic mass is 10.1. The van der Waals surface area contributed by atoms with Crippen molar-refractivity contribution in [3.05, 3.63) is 59.7 Å². The fraction of sp³-hybridized carbons (Fsp3) is 0.188. The number of ketones is 1. The van der Waals surface area contributed by atoms with Crippen molar-refractivity contribution in [2.24, 2.45) is 0 Å². The molecule has 0 aromatic heterocycles. The van der Waals surface area contributed by atoms with E-state index in [0.29, 0.717) is 5.56 Å². The fourth-order valence-electron chi connectivity index (χ4n) is 1.88. The van der Waals surface area contributed by atoms with Crippen molar-refractivity contribution in [1.29, 1.82) is 0 Å². The Hall–Kier alpha value is -2.18. The Labute approximate surface area is 129 Å². The molecule has 0 bridgehead atoms. The molecule has 116 valence electrons. The summed E-state index contributed by atoms with van der Waals surface area (Å²) >= 11 is 0. The number of methoxy groups -OCH3 is 1. The van der Waals surface area contributed by atoms with Gasteiger partial charge in [0.1, 0.15) is 17.3 Å². The summed E-state index contributed by atoms with van der Waals surface area (Å²) in [7, 11) is -2.69. The molecule has 0 spiro atoms. The van der Waals surface area contributed by atoms with E-state index < -0.39 is 22.5 Å². The number of hydrogen-bond acceptors (Lipinski definition) is 5. The van der Waals surface area contributed by atoms with Gasteiger partial charge in [-0.1, -0.05) is 36.4 Å². The van der Waals surface area contributed by atoms with Crippen LogP contribution in [-0.2, 0) is 14.3 Å². The number of carbonyl (C=O) groups is 1. The summed E-state index contributed by atoms with van der Waals surface area (Å²) in [6, 6.07) is 13.0. The minimum absolute atomic E-state index is 0.0959. The number of carbonyl (C=O) groups excluding carboxylic acids is 1. The Morgan fingerprint density at radius 2 is 1.77 bits per heavy atom. The maximum atomic E-state index is 12.2. The number of hydrogen-bond donors (Lipinski definition) is 0. The third kappa shape index (κ3) is 3.72. The minimum atomic E-state index is -4.07. The molecule has 0 N–H and O–H groups in total. The van der Waals surface area contributed by atoms with Gasteiger partial charge < -0.3 is 4.74 Å². The zero-order valence-corrected chi connectivity index (χ0v) is 13.1. The predicted octanol–water partition coefficient (Wildman–Crippen LogP) is 2.59. The van der Waals surface area contributed by atoms with E-state index in [1.807, 2.05) is 6.92 Å². The summed E-state index contributed by atoms with van der Waals surface area (Å²) in [5.41, 5.74) is 1.25. The van der Waals surface area contributed by atoms with E-state index in [0.717, 1.165) is 5.56 Å². The molecule has 0 unspecified atom stereocenters. The first-order chi connectivity index (χ1) is 10.4. The van der Waals surface area contributed by atoms with E-state index in [1.165, 1.54) is 13.2 Å². The zero-order chi connectivity index (χ0) is 16.2. The Balaban J connectivity index is 2.17. The Morgan fingerprint density at radius 3 is 2.41 bits per heavy atom. The number of ether oxygens (including phenoxy) is 1. The molecule has 0 radical (unpaired) electrons. The second kappa shape index (κ2) is 6.72. The first-order valence-electron chi connectivity index (χ1n) is 6.56. The molecule has 0 amide bonds. The van der Waals surface area contributed by atoms with Crippen LogP contribution in [0.25, 0.3) is 0 Å². The Bertz CT molecular complexity index is 766. The van der Waals surface area contributed by atoms with E-state index in [1.54, 1.807) is 42.5 Å². The third-order valence-corrected chi connectivity index (χ3v) is 4.33. The molecule has 5 nitrogen and oxygen atoms in total. The van der Waals surface area contributed by atoms with Crippen LogP contribution >= 0.6 is 0 Å². The molecule has 0 atom stereocenters. The van der Waals surface area contributed by atoms with Gasteiger partial charge in [0.2, 0.25) is 0 Å². The van der Waals surface area contributed by atoms with Crippen molar-refractivity contribution >= 4 is 15.9 Å². The molecule has 0 saturated heterocycles. The van der Waals surface area contributed by atoms with E-state index in [2.05, 4.69) is 0 Å². The average molecular weight is 320 g/mol. The highest BCUT2D eigenvalue weighted by molar-refractivity contribution is 7.86. The lowest BCUT2D eigenvalue weighted by Crippen LogP contribution is -2.15. The molecule has 2 aromatic rings. The topological polar surface area (TPSA) is 69.7 Å². The SMILES string of the molecule is COc1cc(C)ccc1S(=O)(=O)OCC(=O)c1ccccc1. The standard InChI is InChI=1S/C16H16O5S/c1-12-8-9-16(15(10-12)20-2)22(18,19)21-11-14(17)13-6-4-3-5-7-13/h3-10H,11H2,1-2H3. The van der Waals surface area contributed by atoms with Crippen LogP contribution in [0.5, 0.6) is 5.75 Å². The molecule has 2 rings (SSSR count). The number of aryl methyl sites for hydroxylation is 1. The monoisotopic (exact) mass is 320 g/mol. The van der Waals surface area contributed by atoms with Gasteiger partial charge in [0.05, 0.1) is 7.11 Å². The summed E-state index contributed by atoms with van der Waals surface area (Å²) < 4.78 is 34.3. The Morgan fingerprint density at radius 1 is 1.09 bits per heavy atom. The van der Waals surface area contributed by atoms with Gasteiger partial charge in [-0.3, -0.25) is 8.98 Å². The highest BCUT2D eigenvalue weighted by atomic mass is 32.2. The van der Waals surface area contributed by atoms with Crippen LogP contribution in [0, 0.1) is 6.92 Å². The highest BCUT2D eigenvalue weighted by Gasteiger charge is 2.22. The van der Waals surface area contributed by atoms with Gasteiger partial charge in [-0.2, -0.15) is 8.42 Å². The summed E-state index contributed by atoms with van der Waals surface area (Å²) in [4.78, 5) is 11.8. The molecular formula is C16H16O5S. The number of benzene rings is 2. The summed E-state index contributed by atoms with van der Waals surface area (Å²) in [5, 5.41) is 0. The minimum Gasteiger partial charge on any atom is -0.495 e. The smallest absolute Gasteiger partial charge is 0.301 e. The normalized spacial score (nSPS) is 11.2. The van der Waals surface area contributed by atoms with Crippen molar-refractivity contribution < 1.29 is 22.1 Å². The number of Topliss-reactive ketones (excluding diaryl/α,β-unsaturated/α-hetero) is 1. The lowest BCUT2D eigenvalue weighted by Gasteiger charge is -2.10. The molecule has 0 heterocycles. The zero-order valence-electron chi connectivity index (χ0n) is 12.3. The summed E-state index contributed by atoms with van der Waals surface area (Å²) in [5.74, 6) is -0.220. The van der Waals surface area contributed by atoms with E-state index in [4.69, 9.17) is 8.92 Å². The first-order valence-corrected chi connectivity index (χ1v) is 7.97. The van der Waals surface area contributed by atoms with Crippen LogP contribution in [0.4, 0.5) is 0 Å². The second-order valence-electron chi connectivity index (χ2n) is 4.66. The molecule has 0 aliphatic heterocycles. The quantitative estimate of drug-likeness (QED) is 0.604. The van der Waals surface area contributed by atoms with Crippen LogP contribution in [0.15, 0.2) is 53.4 Å². The van der Waals surface area contributed by atoms with E-state index in [-0.39, 0.29) is 10.6 Å². The molecule has 0 fully saturated rings.